The number of ether oxygens (including phenoxy) is 1. The molecule has 4 atom stereocenters. The molecule has 0 amide bonds. The molecule has 0 aromatic rings. The van der Waals surface area contributed by atoms with Crippen LogP contribution in [0.15, 0.2) is 0 Å². The summed E-state index contributed by atoms with van der Waals surface area (Å²) < 4.78 is 26.5. The first-order valence-electron chi connectivity index (χ1n) is 12.2. The summed E-state index contributed by atoms with van der Waals surface area (Å²) in [6.45, 7) is 34.2. The molecule has 1 aliphatic rings. The quantitative estimate of drug-likeness (QED) is 0.381. The summed E-state index contributed by atoms with van der Waals surface area (Å²) in [5.74, 6) is 0. The Kier molecular flexibility index (Phi) is 9.37. The first kappa shape index (κ1) is 30.5. The van der Waals surface area contributed by atoms with Crippen LogP contribution in [0.25, 0.3) is 0 Å². The Bertz CT molecular complexity index is 615. The highest BCUT2D eigenvalue weighted by atomic mass is 28.4. The van der Waals surface area contributed by atoms with Gasteiger partial charge in [-0.1, -0.05) is 62.3 Å². The lowest BCUT2D eigenvalue weighted by atomic mass is 10.0. The van der Waals surface area contributed by atoms with Crippen LogP contribution in [0.2, 0.25) is 54.4 Å². The van der Waals surface area contributed by atoms with Gasteiger partial charge < -0.3 is 23.1 Å². The minimum absolute atomic E-state index is 0.0649. The fourth-order valence-corrected chi connectivity index (χ4v) is 6.58. The van der Waals surface area contributed by atoms with Gasteiger partial charge in [-0.25, -0.2) is 0 Å². The molecule has 1 heterocycles. The van der Waals surface area contributed by atoms with Crippen LogP contribution in [0, 0.1) is 0 Å². The smallest absolute Gasteiger partial charge is 0.192 e. The van der Waals surface area contributed by atoms with E-state index in [1.165, 1.54) is 0 Å². The fourth-order valence-electron chi connectivity index (χ4n) is 2.89. The SMILES string of the molecule is CC(C)(C)[Si](C)(C)OC[C@H]1OC(O)C[C@@H](O[Si](C)(C)C(C)(C)C)[C@H]1O[Si](C)(C)C(C)(C)C. The maximum atomic E-state index is 10.6. The summed E-state index contributed by atoms with van der Waals surface area (Å²) in [5, 5.41) is 10.9. The van der Waals surface area contributed by atoms with Gasteiger partial charge >= 0.3 is 0 Å². The molecule has 0 aromatic heterocycles. The van der Waals surface area contributed by atoms with Crippen LogP contribution in [0.4, 0.5) is 0 Å². The molecule has 192 valence electrons. The van der Waals surface area contributed by atoms with Crippen molar-refractivity contribution in [3.05, 3.63) is 0 Å². The van der Waals surface area contributed by atoms with Crippen molar-refractivity contribution in [1.82, 2.24) is 0 Å². The predicted molar refractivity (Wildman–Crippen MR) is 143 cm³/mol. The van der Waals surface area contributed by atoms with Crippen LogP contribution in [0.5, 0.6) is 0 Å². The lowest BCUT2D eigenvalue weighted by molar-refractivity contribution is -0.232. The third kappa shape index (κ3) is 7.47. The molecule has 0 saturated carbocycles. The van der Waals surface area contributed by atoms with Gasteiger partial charge in [-0.05, 0) is 54.4 Å². The fraction of sp³-hybridized carbons (Fsp3) is 1.00. The van der Waals surface area contributed by atoms with E-state index in [2.05, 4.69) is 102 Å². The van der Waals surface area contributed by atoms with Gasteiger partial charge in [-0.3, -0.25) is 0 Å². The molecule has 0 spiro atoms. The number of aliphatic hydroxyl groups excluding tert-OH is 1. The number of hydrogen-bond donors (Lipinski definition) is 1. The van der Waals surface area contributed by atoms with E-state index in [1.807, 2.05) is 0 Å². The summed E-state index contributed by atoms with van der Waals surface area (Å²) in [6.07, 6.45) is -1.24. The molecule has 1 saturated heterocycles. The molecule has 1 rings (SSSR count). The van der Waals surface area contributed by atoms with Crippen LogP contribution >= 0.6 is 0 Å². The van der Waals surface area contributed by atoms with Gasteiger partial charge in [-0.15, -0.1) is 0 Å². The third-order valence-electron chi connectivity index (χ3n) is 8.40. The Hall–Kier alpha value is 0.451. The maximum Gasteiger partial charge on any atom is 0.192 e. The normalized spacial score (nSPS) is 27.0. The first-order chi connectivity index (χ1) is 13.9. The second-order valence-electron chi connectivity index (χ2n) is 14.2. The molecule has 0 aliphatic carbocycles. The van der Waals surface area contributed by atoms with Gasteiger partial charge in [-0.2, -0.15) is 0 Å². The third-order valence-corrected chi connectivity index (χ3v) is 21.9. The van der Waals surface area contributed by atoms with Crippen molar-refractivity contribution in [2.45, 2.75) is 148 Å². The van der Waals surface area contributed by atoms with Crippen molar-refractivity contribution in [3.63, 3.8) is 0 Å². The highest BCUT2D eigenvalue weighted by Crippen LogP contribution is 2.43. The zero-order chi connectivity index (χ0) is 25.6. The van der Waals surface area contributed by atoms with Crippen molar-refractivity contribution in [2.75, 3.05) is 6.61 Å². The minimum atomic E-state index is -2.10. The summed E-state index contributed by atoms with van der Waals surface area (Å²) in [6, 6.07) is 0. The second-order valence-corrected chi connectivity index (χ2v) is 28.5. The summed E-state index contributed by atoms with van der Waals surface area (Å²) in [5.41, 5.74) is 0. The molecule has 0 bridgehead atoms. The van der Waals surface area contributed by atoms with E-state index in [1.54, 1.807) is 0 Å². The van der Waals surface area contributed by atoms with Gasteiger partial charge in [0, 0.05) is 6.42 Å². The van der Waals surface area contributed by atoms with E-state index >= 15 is 0 Å². The Morgan fingerprint density at radius 3 is 1.53 bits per heavy atom. The Morgan fingerprint density at radius 1 is 0.719 bits per heavy atom. The molecule has 1 N–H and O–H groups in total. The van der Waals surface area contributed by atoms with Crippen molar-refractivity contribution in [2.24, 2.45) is 0 Å². The van der Waals surface area contributed by atoms with Crippen molar-refractivity contribution >= 4 is 25.0 Å². The van der Waals surface area contributed by atoms with Gasteiger partial charge in [0.05, 0.1) is 18.8 Å². The van der Waals surface area contributed by atoms with Gasteiger partial charge in [0.25, 0.3) is 0 Å². The van der Waals surface area contributed by atoms with Crippen LogP contribution in [-0.4, -0.2) is 61.3 Å². The zero-order valence-electron chi connectivity index (χ0n) is 23.8. The van der Waals surface area contributed by atoms with Crippen molar-refractivity contribution in [1.29, 1.82) is 0 Å². The van der Waals surface area contributed by atoms with Crippen LogP contribution < -0.4 is 0 Å². The summed E-state index contributed by atoms with van der Waals surface area (Å²) in [4.78, 5) is 0. The molecule has 1 aliphatic heterocycles. The first-order valence-corrected chi connectivity index (χ1v) is 21.0. The van der Waals surface area contributed by atoms with Gasteiger partial charge in [0.1, 0.15) is 6.10 Å². The van der Waals surface area contributed by atoms with E-state index < -0.39 is 31.2 Å². The van der Waals surface area contributed by atoms with E-state index in [9.17, 15) is 5.11 Å². The van der Waals surface area contributed by atoms with E-state index in [0.717, 1.165) is 0 Å². The van der Waals surface area contributed by atoms with Crippen LogP contribution in [-0.2, 0) is 18.0 Å². The predicted octanol–water partition coefficient (Wildman–Crippen LogP) is 6.90. The van der Waals surface area contributed by atoms with Crippen molar-refractivity contribution in [3.8, 4) is 0 Å². The molecule has 0 aromatic carbocycles. The van der Waals surface area contributed by atoms with Crippen LogP contribution in [0.3, 0.4) is 0 Å². The molecule has 5 nitrogen and oxygen atoms in total. The lowest BCUT2D eigenvalue weighted by Gasteiger charge is -2.50. The summed E-state index contributed by atoms with van der Waals surface area (Å²) in [7, 11) is -6.14. The number of hydrogen-bond acceptors (Lipinski definition) is 5. The molecular formula is C24H54O5Si3. The highest BCUT2D eigenvalue weighted by Gasteiger charge is 2.50. The Morgan fingerprint density at radius 2 is 1.12 bits per heavy atom. The number of rotatable bonds is 7. The molecule has 8 heteroatoms. The molecule has 1 unspecified atom stereocenters. The van der Waals surface area contributed by atoms with Gasteiger partial charge in [0.2, 0.25) is 0 Å². The molecule has 1 fully saturated rings. The monoisotopic (exact) mass is 506 g/mol. The zero-order valence-corrected chi connectivity index (χ0v) is 26.8. The van der Waals surface area contributed by atoms with E-state index in [-0.39, 0.29) is 33.4 Å². The van der Waals surface area contributed by atoms with Crippen molar-refractivity contribution < 1.29 is 23.1 Å². The second kappa shape index (κ2) is 9.84. The molecule has 0 radical (unpaired) electrons. The summed E-state index contributed by atoms with van der Waals surface area (Å²) >= 11 is 0. The largest absolute Gasteiger partial charge is 0.414 e. The number of aliphatic hydroxyl groups is 1. The Labute approximate surface area is 202 Å². The highest BCUT2D eigenvalue weighted by molar-refractivity contribution is 6.75. The molecular weight excluding hydrogens is 453 g/mol. The average molecular weight is 507 g/mol. The van der Waals surface area contributed by atoms with E-state index in [0.29, 0.717) is 13.0 Å². The standard InChI is InChI=1S/C24H54O5Si3/c1-22(2,3)30(10,11)26-17-19-21(29-32(14,15)24(7,8)9)18(16-20(25)27-19)28-31(12,13)23(4,5)6/h18-21,25H,16-17H2,1-15H3/t18-,19-,20?,21-/m1/s1. The average Bonchev–Trinajstić information content (AvgIpc) is 2.52. The van der Waals surface area contributed by atoms with Gasteiger partial charge in [0.15, 0.2) is 31.2 Å². The van der Waals surface area contributed by atoms with Crippen LogP contribution in [0.1, 0.15) is 68.7 Å². The topological polar surface area (TPSA) is 57.2 Å². The molecule has 32 heavy (non-hydrogen) atoms. The maximum absolute atomic E-state index is 10.6. The minimum Gasteiger partial charge on any atom is -0.414 e. The van der Waals surface area contributed by atoms with E-state index in [4.69, 9.17) is 18.0 Å². The lowest BCUT2D eigenvalue weighted by Crippen LogP contribution is -2.61. The Balaban J connectivity index is 3.29.